The van der Waals surface area contributed by atoms with E-state index in [9.17, 15) is 4.79 Å². The van der Waals surface area contributed by atoms with E-state index in [4.69, 9.17) is 4.74 Å². The van der Waals surface area contributed by atoms with Crippen LogP contribution in [-0.2, 0) is 11.2 Å². The smallest absolute Gasteiger partial charge is 0.409 e. The molecule has 0 atom stereocenters. The van der Waals surface area contributed by atoms with Crippen molar-refractivity contribution in [3.8, 4) is 0 Å². The average molecular weight is 370 g/mol. The Labute approximate surface area is 159 Å². The maximum Gasteiger partial charge on any atom is 0.409 e. The minimum atomic E-state index is -0.235. The lowest BCUT2D eigenvalue weighted by Gasteiger charge is -2.31. The Morgan fingerprint density at radius 3 is 2.78 bits per heavy atom. The highest BCUT2D eigenvalue weighted by Gasteiger charge is 2.23. The van der Waals surface area contributed by atoms with Crippen LogP contribution in [0.1, 0.15) is 32.3 Å². The molecule has 0 radical (unpaired) electrons. The van der Waals surface area contributed by atoms with Crippen molar-refractivity contribution in [2.75, 3.05) is 30.3 Å². The predicted octanol–water partition coefficient (Wildman–Crippen LogP) is 3.21. The fourth-order valence-electron chi connectivity index (χ4n) is 3.13. The van der Waals surface area contributed by atoms with Crippen LogP contribution in [0.4, 0.5) is 22.2 Å². The van der Waals surface area contributed by atoms with E-state index in [0.29, 0.717) is 31.5 Å². The minimum Gasteiger partial charge on any atom is -0.450 e. The summed E-state index contributed by atoms with van der Waals surface area (Å²) in [6.45, 7) is 5.67. The number of nitrogens with one attached hydrogen (secondary N) is 2. The minimum absolute atomic E-state index is 0.235. The van der Waals surface area contributed by atoms with Crippen molar-refractivity contribution in [1.82, 2.24) is 20.1 Å². The van der Waals surface area contributed by atoms with Crippen LogP contribution in [-0.4, -0.2) is 51.9 Å². The SMILES string of the molecule is CCOC(=O)N1CCC(Nc2cnnc(Nc3ccccc3CC)n2)CC1. The second-order valence-corrected chi connectivity index (χ2v) is 6.41. The van der Waals surface area contributed by atoms with Crippen LogP contribution in [0.2, 0.25) is 0 Å². The predicted molar refractivity (Wildman–Crippen MR) is 104 cm³/mol. The second-order valence-electron chi connectivity index (χ2n) is 6.41. The Morgan fingerprint density at radius 2 is 2.04 bits per heavy atom. The average Bonchev–Trinajstić information content (AvgIpc) is 2.69. The number of hydrogen-bond donors (Lipinski definition) is 2. The number of carbonyl (C=O) groups excluding carboxylic acids is 1. The molecular formula is C19H26N6O2. The van der Waals surface area contributed by atoms with Gasteiger partial charge in [-0.15, -0.1) is 5.10 Å². The van der Waals surface area contributed by atoms with E-state index in [2.05, 4.69) is 38.8 Å². The van der Waals surface area contributed by atoms with Gasteiger partial charge in [0.05, 0.1) is 12.8 Å². The third-order valence-corrected chi connectivity index (χ3v) is 4.58. The molecule has 0 spiro atoms. The number of para-hydroxylation sites is 1. The molecule has 2 N–H and O–H groups in total. The topological polar surface area (TPSA) is 92.3 Å². The van der Waals surface area contributed by atoms with Gasteiger partial charge in [0.2, 0.25) is 5.95 Å². The van der Waals surface area contributed by atoms with E-state index < -0.39 is 0 Å². The highest BCUT2D eigenvalue weighted by atomic mass is 16.6. The van der Waals surface area contributed by atoms with E-state index in [1.165, 1.54) is 5.56 Å². The summed E-state index contributed by atoms with van der Waals surface area (Å²) >= 11 is 0. The maximum atomic E-state index is 11.8. The summed E-state index contributed by atoms with van der Waals surface area (Å²) < 4.78 is 5.05. The number of benzene rings is 1. The van der Waals surface area contributed by atoms with Gasteiger partial charge in [0.25, 0.3) is 0 Å². The van der Waals surface area contributed by atoms with E-state index >= 15 is 0 Å². The van der Waals surface area contributed by atoms with Crippen molar-refractivity contribution in [3.05, 3.63) is 36.0 Å². The Morgan fingerprint density at radius 1 is 1.26 bits per heavy atom. The zero-order chi connectivity index (χ0) is 19.1. The van der Waals surface area contributed by atoms with Gasteiger partial charge in [-0.25, -0.2) is 4.79 Å². The molecule has 0 unspecified atom stereocenters. The van der Waals surface area contributed by atoms with E-state index in [1.807, 2.05) is 25.1 Å². The van der Waals surface area contributed by atoms with Crippen molar-refractivity contribution >= 4 is 23.5 Å². The summed E-state index contributed by atoms with van der Waals surface area (Å²) in [5.41, 5.74) is 2.19. The molecule has 0 saturated carbocycles. The van der Waals surface area contributed by atoms with E-state index in [0.717, 1.165) is 24.9 Å². The van der Waals surface area contributed by atoms with Crippen LogP contribution in [0.5, 0.6) is 0 Å². The van der Waals surface area contributed by atoms with Crippen molar-refractivity contribution in [3.63, 3.8) is 0 Å². The molecule has 1 aromatic heterocycles. The first-order valence-electron chi connectivity index (χ1n) is 9.42. The van der Waals surface area contributed by atoms with Crippen LogP contribution in [0.15, 0.2) is 30.5 Å². The Hall–Kier alpha value is -2.90. The molecule has 0 bridgehead atoms. The second kappa shape index (κ2) is 9.16. The molecule has 144 valence electrons. The van der Waals surface area contributed by atoms with Gasteiger partial charge in [0, 0.05) is 24.8 Å². The molecule has 1 amide bonds. The third kappa shape index (κ3) is 5.06. The summed E-state index contributed by atoms with van der Waals surface area (Å²) in [5.74, 6) is 1.14. The number of anilines is 3. The number of aryl methyl sites for hydroxylation is 1. The molecule has 1 fully saturated rings. The van der Waals surface area contributed by atoms with Crippen LogP contribution >= 0.6 is 0 Å². The van der Waals surface area contributed by atoms with Crippen LogP contribution in [0.3, 0.4) is 0 Å². The molecule has 2 aromatic rings. The highest BCUT2D eigenvalue weighted by molar-refractivity contribution is 5.67. The lowest BCUT2D eigenvalue weighted by molar-refractivity contribution is 0.0983. The maximum absolute atomic E-state index is 11.8. The van der Waals surface area contributed by atoms with E-state index in [1.54, 1.807) is 11.1 Å². The largest absolute Gasteiger partial charge is 0.450 e. The van der Waals surface area contributed by atoms with Crippen molar-refractivity contribution < 1.29 is 9.53 Å². The number of aromatic nitrogens is 3. The number of rotatable bonds is 6. The highest BCUT2D eigenvalue weighted by Crippen LogP contribution is 2.20. The standard InChI is InChI=1S/C19H26N6O2/c1-3-14-7-5-6-8-16(14)22-18-23-17(13-20-24-18)21-15-9-11-25(12-10-15)19(26)27-4-2/h5-8,13,15H,3-4,9-12H2,1-2H3,(H2,21,22,23,24). The van der Waals surface area contributed by atoms with Crippen molar-refractivity contribution in [2.24, 2.45) is 0 Å². The molecule has 27 heavy (non-hydrogen) atoms. The molecule has 8 nitrogen and oxygen atoms in total. The van der Waals surface area contributed by atoms with Gasteiger partial charge in [0.15, 0.2) is 5.82 Å². The summed E-state index contributed by atoms with van der Waals surface area (Å²) in [6.07, 6.45) is 3.98. The van der Waals surface area contributed by atoms with Crippen molar-refractivity contribution in [2.45, 2.75) is 39.2 Å². The first-order chi connectivity index (χ1) is 13.2. The first kappa shape index (κ1) is 18.9. The number of carbonyl (C=O) groups is 1. The Bertz CT molecular complexity index is 761. The number of piperidine rings is 1. The van der Waals surface area contributed by atoms with Gasteiger partial charge >= 0.3 is 6.09 Å². The molecule has 8 heteroatoms. The lowest BCUT2D eigenvalue weighted by Crippen LogP contribution is -2.42. The number of ether oxygens (including phenoxy) is 1. The van der Waals surface area contributed by atoms with Gasteiger partial charge in [-0.3, -0.25) is 0 Å². The zero-order valence-electron chi connectivity index (χ0n) is 15.8. The fourth-order valence-corrected chi connectivity index (χ4v) is 3.13. The van der Waals surface area contributed by atoms with Gasteiger partial charge < -0.3 is 20.3 Å². The molecular weight excluding hydrogens is 344 g/mol. The molecule has 2 heterocycles. The number of hydrogen-bond acceptors (Lipinski definition) is 7. The molecule has 0 aliphatic carbocycles. The lowest BCUT2D eigenvalue weighted by atomic mass is 10.1. The van der Waals surface area contributed by atoms with Crippen LogP contribution in [0, 0.1) is 0 Å². The summed E-state index contributed by atoms with van der Waals surface area (Å²) in [4.78, 5) is 18.0. The van der Waals surface area contributed by atoms with Gasteiger partial charge in [-0.2, -0.15) is 10.1 Å². The first-order valence-corrected chi connectivity index (χ1v) is 9.42. The van der Waals surface area contributed by atoms with E-state index in [-0.39, 0.29) is 12.1 Å². The number of nitrogens with zero attached hydrogens (tertiary/aromatic N) is 4. The molecule has 1 aromatic carbocycles. The van der Waals surface area contributed by atoms with Gasteiger partial charge in [-0.1, -0.05) is 25.1 Å². The fraction of sp³-hybridized carbons (Fsp3) is 0.474. The number of likely N-dealkylation sites (tertiary alicyclic amines) is 1. The van der Waals surface area contributed by atoms with Gasteiger partial charge in [-0.05, 0) is 37.8 Å². The normalized spacial score (nSPS) is 14.7. The molecule has 3 rings (SSSR count). The summed E-state index contributed by atoms with van der Waals surface area (Å²) in [7, 11) is 0. The van der Waals surface area contributed by atoms with Crippen LogP contribution in [0.25, 0.3) is 0 Å². The Kier molecular flexibility index (Phi) is 6.40. The van der Waals surface area contributed by atoms with Crippen molar-refractivity contribution in [1.29, 1.82) is 0 Å². The monoisotopic (exact) mass is 370 g/mol. The quantitative estimate of drug-likeness (QED) is 0.806. The molecule has 1 aliphatic heterocycles. The van der Waals surface area contributed by atoms with Gasteiger partial charge in [0.1, 0.15) is 0 Å². The summed E-state index contributed by atoms with van der Waals surface area (Å²) in [6, 6.07) is 8.32. The zero-order valence-corrected chi connectivity index (χ0v) is 15.8. The third-order valence-electron chi connectivity index (χ3n) is 4.58. The number of amides is 1. The molecule has 1 saturated heterocycles. The van der Waals surface area contributed by atoms with Crippen LogP contribution < -0.4 is 10.6 Å². The Balaban J connectivity index is 1.58. The summed E-state index contributed by atoms with van der Waals surface area (Å²) in [5, 5.41) is 14.8. The molecule has 1 aliphatic rings.